The first-order valence-corrected chi connectivity index (χ1v) is 8.48. The summed E-state index contributed by atoms with van der Waals surface area (Å²) in [6, 6.07) is 10.7. The molecule has 6 heteroatoms. The number of hydrogen-bond acceptors (Lipinski definition) is 4. The number of halogens is 1. The van der Waals surface area contributed by atoms with Crippen LogP contribution in [-0.2, 0) is 10.5 Å². The summed E-state index contributed by atoms with van der Waals surface area (Å²) >= 11 is 7.51. The first-order chi connectivity index (χ1) is 10.6. The van der Waals surface area contributed by atoms with Crippen LogP contribution in [0.1, 0.15) is 12.7 Å². The fraction of sp³-hybridized carbons (Fsp3) is 0.312. The number of nitrogens with one attached hydrogen (secondary N) is 1. The summed E-state index contributed by atoms with van der Waals surface area (Å²) < 4.78 is 10.8. The Morgan fingerprint density at radius 3 is 2.82 bits per heavy atom. The van der Waals surface area contributed by atoms with E-state index in [0.717, 1.165) is 17.3 Å². The topological polar surface area (TPSA) is 51.5 Å². The quantitative estimate of drug-likeness (QED) is 0.744. The summed E-state index contributed by atoms with van der Waals surface area (Å²) in [5.41, 5.74) is 0. The smallest absolute Gasteiger partial charge is 0.260 e. The summed E-state index contributed by atoms with van der Waals surface area (Å²) in [7, 11) is 0. The summed E-state index contributed by atoms with van der Waals surface area (Å²) in [6.45, 7) is 2.32. The monoisotopic (exact) mass is 339 g/mol. The Hall–Kier alpha value is -1.59. The minimum atomic E-state index is -0.545. The second-order valence-electron chi connectivity index (χ2n) is 4.64. The minimum absolute atomic E-state index is 0.131. The Kier molecular flexibility index (Phi) is 6.68. The Bertz CT molecular complexity index is 572. The zero-order chi connectivity index (χ0) is 15.8. The van der Waals surface area contributed by atoms with Gasteiger partial charge in [-0.3, -0.25) is 4.79 Å². The molecule has 1 heterocycles. The predicted octanol–water partition coefficient (Wildman–Crippen LogP) is 3.75. The average molecular weight is 340 g/mol. The number of thioether (sulfide) groups is 1. The Balaban J connectivity index is 1.62. The van der Waals surface area contributed by atoms with Crippen molar-refractivity contribution < 1.29 is 13.9 Å². The van der Waals surface area contributed by atoms with Crippen LogP contribution < -0.4 is 10.1 Å². The van der Waals surface area contributed by atoms with Crippen molar-refractivity contribution in [3.05, 3.63) is 53.4 Å². The lowest BCUT2D eigenvalue weighted by Crippen LogP contribution is -2.37. The molecule has 0 aliphatic heterocycles. The van der Waals surface area contributed by atoms with Crippen molar-refractivity contribution in [2.24, 2.45) is 0 Å². The highest BCUT2D eigenvalue weighted by Crippen LogP contribution is 2.16. The van der Waals surface area contributed by atoms with Gasteiger partial charge in [-0.15, -0.1) is 0 Å². The fourth-order valence-electron chi connectivity index (χ4n) is 1.73. The van der Waals surface area contributed by atoms with Gasteiger partial charge in [0.15, 0.2) is 6.10 Å². The number of carbonyl (C=O) groups excluding carboxylic acids is 1. The third-order valence-corrected chi connectivity index (χ3v) is 4.10. The van der Waals surface area contributed by atoms with Crippen LogP contribution in [0.25, 0.3) is 0 Å². The van der Waals surface area contributed by atoms with Crippen molar-refractivity contribution in [1.82, 2.24) is 5.32 Å². The molecule has 0 saturated heterocycles. The molecule has 0 aliphatic rings. The first kappa shape index (κ1) is 16.8. The second kappa shape index (κ2) is 8.76. The van der Waals surface area contributed by atoms with Gasteiger partial charge in [-0.05, 0) is 43.3 Å². The van der Waals surface area contributed by atoms with E-state index in [9.17, 15) is 4.79 Å². The Labute approximate surface area is 139 Å². The van der Waals surface area contributed by atoms with Crippen molar-refractivity contribution in [2.75, 3.05) is 12.3 Å². The van der Waals surface area contributed by atoms with Gasteiger partial charge < -0.3 is 14.5 Å². The van der Waals surface area contributed by atoms with Crippen molar-refractivity contribution in [1.29, 1.82) is 0 Å². The highest BCUT2D eigenvalue weighted by Gasteiger charge is 2.13. The molecule has 1 atom stereocenters. The van der Waals surface area contributed by atoms with E-state index >= 15 is 0 Å². The highest BCUT2D eigenvalue weighted by atomic mass is 35.5. The number of ether oxygens (including phenoxy) is 1. The van der Waals surface area contributed by atoms with Gasteiger partial charge in [-0.1, -0.05) is 11.6 Å². The van der Waals surface area contributed by atoms with E-state index in [1.807, 2.05) is 12.1 Å². The molecule has 118 valence electrons. The number of rotatable bonds is 8. The van der Waals surface area contributed by atoms with E-state index in [2.05, 4.69) is 5.32 Å². The zero-order valence-electron chi connectivity index (χ0n) is 12.3. The van der Waals surface area contributed by atoms with E-state index in [0.29, 0.717) is 17.3 Å². The van der Waals surface area contributed by atoms with Gasteiger partial charge in [0.2, 0.25) is 0 Å². The standard InChI is InChI=1S/C16H18ClNO3S/c1-12(21-14-6-4-13(17)5-7-14)16(19)18-8-10-22-11-15-3-2-9-20-15/h2-7,9,12H,8,10-11H2,1H3,(H,18,19)/t12-/m0/s1. The Morgan fingerprint density at radius 2 is 2.14 bits per heavy atom. The van der Waals surface area contributed by atoms with Crippen molar-refractivity contribution >= 4 is 29.3 Å². The maximum absolute atomic E-state index is 11.9. The molecule has 0 saturated carbocycles. The number of amides is 1. The van der Waals surface area contributed by atoms with Gasteiger partial charge in [0.05, 0.1) is 12.0 Å². The van der Waals surface area contributed by atoms with Crippen LogP contribution in [0.2, 0.25) is 5.02 Å². The normalized spacial score (nSPS) is 11.9. The minimum Gasteiger partial charge on any atom is -0.481 e. The van der Waals surface area contributed by atoms with E-state index in [-0.39, 0.29) is 5.91 Å². The van der Waals surface area contributed by atoms with Crippen LogP contribution >= 0.6 is 23.4 Å². The summed E-state index contributed by atoms with van der Waals surface area (Å²) in [5, 5.41) is 3.49. The predicted molar refractivity (Wildman–Crippen MR) is 89.4 cm³/mol. The lowest BCUT2D eigenvalue weighted by atomic mass is 10.3. The van der Waals surface area contributed by atoms with Crippen LogP contribution in [-0.4, -0.2) is 24.3 Å². The molecule has 1 N–H and O–H groups in total. The largest absolute Gasteiger partial charge is 0.481 e. The summed E-state index contributed by atoms with van der Waals surface area (Å²) in [4.78, 5) is 11.9. The van der Waals surface area contributed by atoms with Crippen LogP contribution in [0, 0.1) is 0 Å². The molecule has 1 aromatic carbocycles. The molecule has 4 nitrogen and oxygen atoms in total. The van der Waals surface area contributed by atoms with Gasteiger partial charge in [0, 0.05) is 17.3 Å². The molecule has 0 fully saturated rings. The molecular weight excluding hydrogens is 322 g/mol. The number of hydrogen-bond donors (Lipinski definition) is 1. The van der Waals surface area contributed by atoms with Crippen molar-refractivity contribution in [3.63, 3.8) is 0 Å². The number of benzene rings is 1. The van der Waals surface area contributed by atoms with E-state index in [4.69, 9.17) is 20.8 Å². The van der Waals surface area contributed by atoms with Crippen LogP contribution in [0.3, 0.4) is 0 Å². The third kappa shape index (κ3) is 5.66. The molecule has 1 amide bonds. The summed E-state index contributed by atoms with van der Waals surface area (Å²) in [6.07, 6.45) is 1.12. The van der Waals surface area contributed by atoms with Gasteiger partial charge in [-0.25, -0.2) is 0 Å². The van der Waals surface area contributed by atoms with Gasteiger partial charge in [0.1, 0.15) is 11.5 Å². The lowest BCUT2D eigenvalue weighted by molar-refractivity contribution is -0.127. The third-order valence-electron chi connectivity index (χ3n) is 2.87. The van der Waals surface area contributed by atoms with Gasteiger partial charge in [0.25, 0.3) is 5.91 Å². The summed E-state index contributed by atoms with van der Waals surface area (Å²) in [5.74, 6) is 3.06. The molecule has 0 aliphatic carbocycles. The van der Waals surface area contributed by atoms with Crippen molar-refractivity contribution in [2.45, 2.75) is 18.8 Å². The maximum atomic E-state index is 11.9. The number of carbonyl (C=O) groups is 1. The molecule has 0 spiro atoms. The molecule has 22 heavy (non-hydrogen) atoms. The molecule has 2 rings (SSSR count). The SMILES string of the molecule is C[C@H](Oc1ccc(Cl)cc1)C(=O)NCCSCc1ccco1. The van der Waals surface area contributed by atoms with Gasteiger partial charge >= 0.3 is 0 Å². The fourth-order valence-corrected chi connectivity index (χ4v) is 2.61. The van der Waals surface area contributed by atoms with E-state index in [1.54, 1.807) is 49.2 Å². The van der Waals surface area contributed by atoms with Crippen LogP contribution in [0.5, 0.6) is 5.75 Å². The number of furan rings is 1. The lowest BCUT2D eigenvalue weighted by Gasteiger charge is -2.14. The second-order valence-corrected chi connectivity index (χ2v) is 6.18. The molecule has 0 unspecified atom stereocenters. The zero-order valence-corrected chi connectivity index (χ0v) is 13.8. The van der Waals surface area contributed by atoms with Crippen LogP contribution in [0.4, 0.5) is 0 Å². The highest BCUT2D eigenvalue weighted by molar-refractivity contribution is 7.98. The van der Waals surface area contributed by atoms with Crippen LogP contribution in [0.15, 0.2) is 47.1 Å². The molecule has 1 aromatic heterocycles. The molecule has 2 aromatic rings. The molecular formula is C16H18ClNO3S. The molecule has 0 radical (unpaired) electrons. The Morgan fingerprint density at radius 1 is 1.36 bits per heavy atom. The van der Waals surface area contributed by atoms with E-state index < -0.39 is 6.10 Å². The van der Waals surface area contributed by atoms with Crippen molar-refractivity contribution in [3.8, 4) is 5.75 Å². The molecule has 0 bridgehead atoms. The van der Waals surface area contributed by atoms with Gasteiger partial charge in [-0.2, -0.15) is 11.8 Å². The first-order valence-electron chi connectivity index (χ1n) is 6.95. The average Bonchev–Trinajstić information content (AvgIpc) is 3.02. The van der Waals surface area contributed by atoms with E-state index in [1.165, 1.54) is 0 Å². The maximum Gasteiger partial charge on any atom is 0.260 e.